The Bertz CT molecular complexity index is 538. The molecule has 0 bridgehead atoms. The Hall–Kier alpha value is -2.03. The lowest BCUT2D eigenvalue weighted by molar-refractivity contribution is 0.480. The molecule has 0 saturated carbocycles. The molecule has 0 saturated heterocycles. The van der Waals surface area contributed by atoms with Gasteiger partial charge < -0.3 is 10.1 Å². The molecule has 3 heteroatoms. The summed E-state index contributed by atoms with van der Waals surface area (Å²) < 4.78 is 5.80. The lowest BCUT2D eigenvalue weighted by Gasteiger charge is -2.09. The normalized spacial score (nSPS) is 10.2. The van der Waals surface area contributed by atoms with Crippen molar-refractivity contribution < 1.29 is 4.74 Å². The van der Waals surface area contributed by atoms with Crippen molar-refractivity contribution in [2.24, 2.45) is 0 Å². The number of ether oxygens (including phenoxy) is 1. The third-order valence-electron chi connectivity index (χ3n) is 2.81. The number of benzene rings is 1. The van der Waals surface area contributed by atoms with Crippen molar-refractivity contribution in [1.82, 2.24) is 4.98 Å². The van der Waals surface area contributed by atoms with Crippen LogP contribution >= 0.6 is 0 Å². The maximum Gasteiger partial charge on any atom is 0.147 e. The number of aromatic nitrogens is 1. The van der Waals surface area contributed by atoms with E-state index < -0.39 is 0 Å². The van der Waals surface area contributed by atoms with E-state index in [2.05, 4.69) is 37.1 Å². The second kappa shape index (κ2) is 5.54. The topological polar surface area (TPSA) is 34.2 Å². The number of nitrogens with zero attached hydrogens (tertiary/aromatic N) is 1. The monoisotopic (exact) mass is 242 g/mol. The summed E-state index contributed by atoms with van der Waals surface area (Å²) in [4.78, 5) is 4.15. The minimum Gasteiger partial charge on any atom is -0.456 e. The number of rotatable bonds is 4. The first kappa shape index (κ1) is 12.4. The Labute approximate surface area is 108 Å². The number of nitrogens with one attached hydrogen (secondary N) is 1. The molecule has 0 radical (unpaired) electrons. The smallest absolute Gasteiger partial charge is 0.147 e. The van der Waals surface area contributed by atoms with Gasteiger partial charge in [0.15, 0.2) is 0 Å². The predicted molar refractivity (Wildman–Crippen MR) is 74.4 cm³/mol. The molecule has 1 N–H and O–H groups in total. The highest BCUT2D eigenvalue weighted by Gasteiger charge is 2.01. The first-order chi connectivity index (χ1) is 8.69. The third kappa shape index (κ3) is 3.00. The maximum absolute atomic E-state index is 5.80. The van der Waals surface area contributed by atoms with Gasteiger partial charge in [-0.25, -0.2) is 0 Å². The fraction of sp³-hybridized carbons (Fsp3) is 0.267. The summed E-state index contributed by atoms with van der Waals surface area (Å²) in [5.74, 6) is 1.59. The van der Waals surface area contributed by atoms with Crippen LogP contribution < -0.4 is 10.1 Å². The zero-order valence-electron chi connectivity index (χ0n) is 11.0. The predicted octanol–water partition coefficient (Wildman–Crippen LogP) is 3.92. The number of hydrogen-bond acceptors (Lipinski definition) is 3. The molecule has 1 aromatic carbocycles. The molecule has 1 aromatic heterocycles. The molecule has 0 fully saturated rings. The van der Waals surface area contributed by atoms with Gasteiger partial charge >= 0.3 is 0 Å². The van der Waals surface area contributed by atoms with E-state index in [1.54, 1.807) is 12.4 Å². The molecule has 2 rings (SSSR count). The van der Waals surface area contributed by atoms with Crippen LogP contribution in [0.2, 0.25) is 0 Å². The van der Waals surface area contributed by atoms with Crippen LogP contribution in [0.4, 0.5) is 5.69 Å². The maximum atomic E-state index is 5.80. The number of pyridine rings is 1. The summed E-state index contributed by atoms with van der Waals surface area (Å²) in [7, 11) is 0. The highest BCUT2D eigenvalue weighted by molar-refractivity contribution is 5.46. The lowest BCUT2D eigenvalue weighted by Crippen LogP contribution is -1.97. The average molecular weight is 242 g/mol. The molecule has 0 spiro atoms. The number of aryl methyl sites for hydroxylation is 2. The van der Waals surface area contributed by atoms with Crippen LogP contribution in [0.5, 0.6) is 11.5 Å². The largest absolute Gasteiger partial charge is 0.456 e. The van der Waals surface area contributed by atoms with Gasteiger partial charge in [0.05, 0.1) is 18.1 Å². The highest BCUT2D eigenvalue weighted by atomic mass is 16.5. The van der Waals surface area contributed by atoms with E-state index in [1.807, 2.05) is 18.2 Å². The Balaban J connectivity index is 2.17. The van der Waals surface area contributed by atoms with E-state index >= 15 is 0 Å². The second-order valence-corrected chi connectivity index (χ2v) is 4.29. The zero-order chi connectivity index (χ0) is 13.0. The molecule has 1 heterocycles. The molecule has 0 unspecified atom stereocenters. The van der Waals surface area contributed by atoms with Crippen molar-refractivity contribution in [3.05, 3.63) is 47.8 Å². The molecular formula is C15H18N2O. The van der Waals surface area contributed by atoms with Crippen LogP contribution in [0.1, 0.15) is 18.1 Å². The van der Waals surface area contributed by atoms with Crippen molar-refractivity contribution >= 4 is 5.69 Å². The van der Waals surface area contributed by atoms with Gasteiger partial charge in [-0.2, -0.15) is 0 Å². The van der Waals surface area contributed by atoms with Gasteiger partial charge in [0, 0.05) is 12.6 Å². The van der Waals surface area contributed by atoms with Crippen LogP contribution in [0.25, 0.3) is 0 Å². The van der Waals surface area contributed by atoms with Crippen molar-refractivity contribution in [2.45, 2.75) is 20.8 Å². The Morgan fingerprint density at radius 3 is 2.61 bits per heavy atom. The fourth-order valence-corrected chi connectivity index (χ4v) is 1.69. The second-order valence-electron chi connectivity index (χ2n) is 4.29. The molecule has 94 valence electrons. The SMILES string of the molecule is CCNc1cncc(Oc2ccc(C)c(C)c2)c1. The number of hydrogen-bond donors (Lipinski definition) is 1. The van der Waals surface area contributed by atoms with E-state index in [1.165, 1.54) is 11.1 Å². The van der Waals surface area contributed by atoms with Crippen LogP contribution in [0, 0.1) is 13.8 Å². The fourth-order valence-electron chi connectivity index (χ4n) is 1.69. The van der Waals surface area contributed by atoms with Crippen molar-refractivity contribution in [1.29, 1.82) is 0 Å². The van der Waals surface area contributed by atoms with E-state index in [9.17, 15) is 0 Å². The first-order valence-corrected chi connectivity index (χ1v) is 6.13. The van der Waals surface area contributed by atoms with Crippen LogP contribution in [-0.2, 0) is 0 Å². The summed E-state index contributed by atoms with van der Waals surface area (Å²) in [5, 5.41) is 3.21. The third-order valence-corrected chi connectivity index (χ3v) is 2.81. The average Bonchev–Trinajstić information content (AvgIpc) is 2.35. The molecule has 2 aromatic rings. The first-order valence-electron chi connectivity index (χ1n) is 6.13. The summed E-state index contributed by atoms with van der Waals surface area (Å²) >= 11 is 0. The van der Waals surface area contributed by atoms with Crippen LogP contribution in [0.3, 0.4) is 0 Å². The molecule has 3 nitrogen and oxygen atoms in total. The minimum absolute atomic E-state index is 0.747. The minimum atomic E-state index is 0.747. The van der Waals surface area contributed by atoms with Gasteiger partial charge in [-0.1, -0.05) is 6.07 Å². The van der Waals surface area contributed by atoms with E-state index in [0.717, 1.165) is 23.7 Å². The summed E-state index contributed by atoms with van der Waals surface area (Å²) in [6, 6.07) is 8.02. The Kier molecular flexibility index (Phi) is 3.82. The van der Waals surface area contributed by atoms with Crippen molar-refractivity contribution in [3.63, 3.8) is 0 Å². The Morgan fingerprint density at radius 1 is 1.06 bits per heavy atom. The van der Waals surface area contributed by atoms with Gasteiger partial charge in [-0.05, 0) is 44.0 Å². The molecular weight excluding hydrogens is 224 g/mol. The van der Waals surface area contributed by atoms with Crippen molar-refractivity contribution in [2.75, 3.05) is 11.9 Å². The van der Waals surface area contributed by atoms with Crippen molar-refractivity contribution in [3.8, 4) is 11.5 Å². The standard InChI is InChI=1S/C15H18N2O/c1-4-17-13-8-15(10-16-9-13)18-14-6-5-11(2)12(3)7-14/h5-10,17H,4H2,1-3H3. The van der Waals surface area contributed by atoms with Gasteiger partial charge in [-0.3, -0.25) is 4.98 Å². The quantitative estimate of drug-likeness (QED) is 0.882. The Morgan fingerprint density at radius 2 is 1.89 bits per heavy atom. The molecule has 0 aliphatic rings. The van der Waals surface area contributed by atoms with E-state index in [0.29, 0.717) is 0 Å². The van der Waals surface area contributed by atoms with E-state index in [-0.39, 0.29) is 0 Å². The van der Waals surface area contributed by atoms with Gasteiger partial charge in [0.1, 0.15) is 11.5 Å². The lowest BCUT2D eigenvalue weighted by atomic mass is 10.1. The van der Waals surface area contributed by atoms with Gasteiger partial charge in [0.25, 0.3) is 0 Å². The molecule has 0 aliphatic carbocycles. The summed E-state index contributed by atoms with van der Waals surface area (Å²) in [5.41, 5.74) is 3.46. The van der Waals surface area contributed by atoms with Crippen LogP contribution in [-0.4, -0.2) is 11.5 Å². The zero-order valence-corrected chi connectivity index (χ0v) is 11.0. The molecule has 0 atom stereocenters. The van der Waals surface area contributed by atoms with Gasteiger partial charge in [-0.15, -0.1) is 0 Å². The number of anilines is 1. The summed E-state index contributed by atoms with van der Waals surface area (Å²) in [6.45, 7) is 7.09. The van der Waals surface area contributed by atoms with Crippen LogP contribution in [0.15, 0.2) is 36.7 Å². The summed E-state index contributed by atoms with van der Waals surface area (Å²) in [6.07, 6.45) is 3.51. The molecule has 0 aliphatic heterocycles. The highest BCUT2D eigenvalue weighted by Crippen LogP contribution is 2.24. The van der Waals surface area contributed by atoms with Gasteiger partial charge in [0.2, 0.25) is 0 Å². The molecule has 0 amide bonds. The molecule has 18 heavy (non-hydrogen) atoms. The van der Waals surface area contributed by atoms with E-state index in [4.69, 9.17) is 4.74 Å².